The number of ketones is 1. The quantitative estimate of drug-likeness (QED) is 0.584. The number of halogens is 1. The van der Waals surface area contributed by atoms with Crippen LogP contribution in [0.25, 0.3) is 0 Å². The SMILES string of the molecule is COCCCNC(C)C(=O)c1ccc(F)cc1. The molecule has 0 amide bonds. The lowest BCUT2D eigenvalue weighted by atomic mass is 10.1. The van der Waals surface area contributed by atoms with Crippen LogP contribution in [-0.2, 0) is 4.74 Å². The molecule has 0 saturated heterocycles. The minimum atomic E-state index is -0.331. The smallest absolute Gasteiger partial charge is 0.179 e. The van der Waals surface area contributed by atoms with E-state index in [2.05, 4.69) is 5.32 Å². The molecule has 1 N–H and O–H groups in total. The van der Waals surface area contributed by atoms with Crippen LogP contribution in [0.2, 0.25) is 0 Å². The van der Waals surface area contributed by atoms with Crippen LogP contribution in [0.4, 0.5) is 4.39 Å². The van der Waals surface area contributed by atoms with Gasteiger partial charge in [-0.15, -0.1) is 0 Å². The Hall–Kier alpha value is -1.26. The molecule has 4 heteroatoms. The highest BCUT2D eigenvalue weighted by Crippen LogP contribution is 2.06. The monoisotopic (exact) mass is 239 g/mol. The minimum absolute atomic E-state index is 0.0255. The normalized spacial score (nSPS) is 12.4. The van der Waals surface area contributed by atoms with E-state index in [1.165, 1.54) is 24.3 Å². The van der Waals surface area contributed by atoms with E-state index in [9.17, 15) is 9.18 Å². The van der Waals surface area contributed by atoms with Gasteiger partial charge in [0.2, 0.25) is 0 Å². The molecule has 0 aliphatic heterocycles. The second kappa shape index (κ2) is 7.14. The lowest BCUT2D eigenvalue weighted by Gasteiger charge is -2.12. The molecule has 1 unspecified atom stereocenters. The topological polar surface area (TPSA) is 38.3 Å². The highest BCUT2D eigenvalue weighted by atomic mass is 19.1. The van der Waals surface area contributed by atoms with Gasteiger partial charge >= 0.3 is 0 Å². The Morgan fingerprint density at radius 3 is 2.65 bits per heavy atom. The second-order valence-electron chi connectivity index (χ2n) is 3.89. The summed E-state index contributed by atoms with van der Waals surface area (Å²) in [6.45, 7) is 3.20. The van der Waals surface area contributed by atoms with Crippen molar-refractivity contribution in [3.8, 4) is 0 Å². The van der Waals surface area contributed by atoms with E-state index in [1.807, 2.05) is 0 Å². The van der Waals surface area contributed by atoms with Crippen molar-refractivity contribution in [3.05, 3.63) is 35.6 Å². The van der Waals surface area contributed by atoms with Crippen molar-refractivity contribution in [3.63, 3.8) is 0 Å². The lowest BCUT2D eigenvalue weighted by molar-refractivity contribution is 0.0949. The fraction of sp³-hybridized carbons (Fsp3) is 0.462. The first-order valence-corrected chi connectivity index (χ1v) is 5.67. The predicted octanol–water partition coefficient (Wildman–Crippen LogP) is 2.02. The van der Waals surface area contributed by atoms with Gasteiger partial charge in [-0.1, -0.05) is 0 Å². The zero-order valence-electron chi connectivity index (χ0n) is 10.2. The zero-order chi connectivity index (χ0) is 12.7. The van der Waals surface area contributed by atoms with Crippen molar-refractivity contribution in [1.82, 2.24) is 5.32 Å². The van der Waals surface area contributed by atoms with Crippen LogP contribution in [0.1, 0.15) is 23.7 Å². The minimum Gasteiger partial charge on any atom is -0.385 e. The standard InChI is InChI=1S/C13H18FNO2/c1-10(15-8-3-9-17-2)13(16)11-4-6-12(14)7-5-11/h4-7,10,15H,3,8-9H2,1-2H3. The first kappa shape index (κ1) is 13.8. The molecule has 0 aliphatic carbocycles. The largest absolute Gasteiger partial charge is 0.385 e. The van der Waals surface area contributed by atoms with Crippen LogP contribution in [0.15, 0.2) is 24.3 Å². The van der Waals surface area contributed by atoms with Gasteiger partial charge in [-0.3, -0.25) is 4.79 Å². The number of Topliss-reactive ketones (excluding diaryl/α,β-unsaturated/α-hetero) is 1. The highest BCUT2D eigenvalue weighted by Gasteiger charge is 2.13. The Labute approximate surface area is 101 Å². The summed E-state index contributed by atoms with van der Waals surface area (Å²) in [7, 11) is 1.65. The number of benzene rings is 1. The Morgan fingerprint density at radius 1 is 1.41 bits per heavy atom. The Kier molecular flexibility index (Phi) is 5.80. The lowest BCUT2D eigenvalue weighted by Crippen LogP contribution is -2.35. The van der Waals surface area contributed by atoms with Crippen molar-refractivity contribution < 1.29 is 13.9 Å². The van der Waals surface area contributed by atoms with Gasteiger partial charge in [-0.05, 0) is 44.2 Å². The number of carbonyl (C=O) groups is 1. The molecule has 17 heavy (non-hydrogen) atoms. The van der Waals surface area contributed by atoms with E-state index >= 15 is 0 Å². The van der Waals surface area contributed by atoms with E-state index in [0.29, 0.717) is 12.2 Å². The molecule has 0 aromatic heterocycles. The third kappa shape index (κ3) is 4.63. The highest BCUT2D eigenvalue weighted by molar-refractivity contribution is 5.99. The molecule has 1 aromatic carbocycles. The molecule has 3 nitrogen and oxygen atoms in total. The van der Waals surface area contributed by atoms with Crippen molar-refractivity contribution in [2.75, 3.05) is 20.3 Å². The molecule has 1 aromatic rings. The van der Waals surface area contributed by atoms with Gasteiger partial charge in [0, 0.05) is 19.3 Å². The average Bonchev–Trinajstić information content (AvgIpc) is 2.34. The summed E-state index contributed by atoms with van der Waals surface area (Å²) in [4.78, 5) is 11.9. The van der Waals surface area contributed by atoms with Gasteiger partial charge in [-0.25, -0.2) is 4.39 Å². The summed E-state index contributed by atoms with van der Waals surface area (Å²) >= 11 is 0. The molecule has 0 spiro atoms. The Bertz CT molecular complexity index is 351. The first-order chi connectivity index (χ1) is 8.15. The molecule has 1 rings (SSSR count). The van der Waals surface area contributed by atoms with Crippen molar-refractivity contribution in [2.24, 2.45) is 0 Å². The maximum Gasteiger partial charge on any atom is 0.179 e. The van der Waals surface area contributed by atoms with Gasteiger partial charge < -0.3 is 10.1 Å². The van der Waals surface area contributed by atoms with E-state index in [0.717, 1.165) is 13.0 Å². The van der Waals surface area contributed by atoms with Crippen molar-refractivity contribution >= 4 is 5.78 Å². The maximum atomic E-state index is 12.7. The first-order valence-electron chi connectivity index (χ1n) is 5.67. The molecule has 0 heterocycles. The fourth-order valence-electron chi connectivity index (χ4n) is 1.49. The van der Waals surface area contributed by atoms with Gasteiger partial charge in [0.1, 0.15) is 5.82 Å². The predicted molar refractivity (Wildman–Crippen MR) is 64.7 cm³/mol. The van der Waals surface area contributed by atoms with Crippen molar-refractivity contribution in [1.29, 1.82) is 0 Å². The number of rotatable bonds is 7. The van der Waals surface area contributed by atoms with Crippen molar-refractivity contribution in [2.45, 2.75) is 19.4 Å². The summed E-state index contributed by atoms with van der Waals surface area (Å²) in [5, 5.41) is 3.11. The Balaban J connectivity index is 2.43. The van der Waals surface area contributed by atoms with E-state index in [1.54, 1.807) is 14.0 Å². The van der Waals surface area contributed by atoms with Crippen LogP contribution in [0.3, 0.4) is 0 Å². The van der Waals surface area contributed by atoms with Gasteiger partial charge in [-0.2, -0.15) is 0 Å². The maximum absolute atomic E-state index is 12.7. The van der Waals surface area contributed by atoms with E-state index in [4.69, 9.17) is 4.74 Å². The molecule has 0 bridgehead atoms. The van der Waals surface area contributed by atoms with Gasteiger partial charge in [0.05, 0.1) is 6.04 Å². The summed E-state index contributed by atoms with van der Waals surface area (Å²) in [6, 6.07) is 5.34. The molecule has 0 radical (unpaired) electrons. The summed E-state index contributed by atoms with van der Waals surface area (Å²) in [5.41, 5.74) is 0.526. The van der Waals surface area contributed by atoms with Crippen LogP contribution in [0, 0.1) is 5.82 Å². The van der Waals surface area contributed by atoms with Crippen LogP contribution in [0.5, 0.6) is 0 Å². The molecule has 0 fully saturated rings. The van der Waals surface area contributed by atoms with Crippen LogP contribution in [-0.4, -0.2) is 32.1 Å². The van der Waals surface area contributed by atoms with Crippen LogP contribution < -0.4 is 5.32 Å². The third-order valence-electron chi connectivity index (χ3n) is 2.50. The third-order valence-corrected chi connectivity index (χ3v) is 2.50. The second-order valence-corrected chi connectivity index (χ2v) is 3.89. The number of hydrogen-bond donors (Lipinski definition) is 1. The molecule has 94 valence electrons. The van der Waals surface area contributed by atoms with E-state index < -0.39 is 0 Å². The fourth-order valence-corrected chi connectivity index (χ4v) is 1.49. The number of nitrogens with one attached hydrogen (secondary N) is 1. The summed E-state index contributed by atoms with van der Waals surface area (Å²) < 4.78 is 17.6. The average molecular weight is 239 g/mol. The summed E-state index contributed by atoms with van der Waals surface area (Å²) in [6.07, 6.45) is 0.859. The molecular formula is C13H18FNO2. The van der Waals surface area contributed by atoms with Gasteiger partial charge in [0.15, 0.2) is 5.78 Å². The van der Waals surface area contributed by atoms with E-state index in [-0.39, 0.29) is 17.6 Å². The molecule has 1 atom stereocenters. The molecule has 0 saturated carbocycles. The molecular weight excluding hydrogens is 221 g/mol. The van der Waals surface area contributed by atoms with Crippen LogP contribution >= 0.6 is 0 Å². The number of methoxy groups -OCH3 is 1. The zero-order valence-corrected chi connectivity index (χ0v) is 10.2. The number of carbonyl (C=O) groups excluding carboxylic acids is 1. The molecule has 0 aliphatic rings. The Morgan fingerprint density at radius 2 is 2.06 bits per heavy atom. The summed E-state index contributed by atoms with van der Waals surface area (Å²) in [5.74, 6) is -0.357. The number of hydrogen-bond acceptors (Lipinski definition) is 3. The van der Waals surface area contributed by atoms with Gasteiger partial charge in [0.25, 0.3) is 0 Å². The number of ether oxygens (including phenoxy) is 1.